The molecule has 1 aromatic rings. The number of nitrogens with zero attached hydrogens (tertiary/aromatic N) is 2. The lowest BCUT2D eigenvalue weighted by molar-refractivity contribution is 0.383. The molecular weight excluding hydrogens is 308 g/mol. The van der Waals surface area contributed by atoms with Crippen LogP contribution in [0.15, 0.2) is 15.6 Å². The highest BCUT2D eigenvalue weighted by Gasteiger charge is 2.24. The van der Waals surface area contributed by atoms with Crippen molar-refractivity contribution >= 4 is 17.7 Å². The van der Waals surface area contributed by atoms with Crippen molar-refractivity contribution in [1.29, 1.82) is 0 Å². The normalized spacial score (nSPS) is 22.4. The van der Waals surface area contributed by atoms with Crippen molar-refractivity contribution in [2.75, 3.05) is 12.8 Å². The molecule has 1 heterocycles. The van der Waals surface area contributed by atoms with Crippen LogP contribution in [0.5, 0.6) is 0 Å². The third-order valence-electron chi connectivity index (χ3n) is 4.07. The van der Waals surface area contributed by atoms with E-state index in [9.17, 15) is 0 Å². The molecule has 1 aliphatic carbocycles. The van der Waals surface area contributed by atoms with Gasteiger partial charge in [-0.25, -0.2) is 9.98 Å². The van der Waals surface area contributed by atoms with Crippen LogP contribution in [0.2, 0.25) is 0 Å². The molecule has 2 unspecified atom stereocenters. The molecule has 2 rings (SSSR count). The van der Waals surface area contributed by atoms with Crippen molar-refractivity contribution in [1.82, 2.24) is 15.6 Å². The summed E-state index contributed by atoms with van der Waals surface area (Å²) in [5, 5.41) is 7.63. The minimum Gasteiger partial charge on any atom is -0.443 e. The number of oxazole rings is 1. The average molecular weight is 339 g/mol. The smallest absolute Gasteiger partial charge is 0.216 e. The van der Waals surface area contributed by atoms with Crippen LogP contribution in [0, 0.1) is 0 Å². The molecule has 0 radical (unpaired) electrons. The van der Waals surface area contributed by atoms with Crippen LogP contribution < -0.4 is 10.6 Å². The minimum absolute atomic E-state index is 0.0195. The Labute approximate surface area is 144 Å². The summed E-state index contributed by atoms with van der Waals surface area (Å²) < 4.78 is 5.80. The molecule has 1 aliphatic rings. The van der Waals surface area contributed by atoms with Crippen molar-refractivity contribution in [2.24, 2.45) is 4.99 Å². The fraction of sp³-hybridized carbons (Fsp3) is 0.765. The molecule has 2 N–H and O–H groups in total. The Hall–Kier alpha value is -1.17. The van der Waals surface area contributed by atoms with E-state index in [4.69, 9.17) is 4.42 Å². The highest BCUT2D eigenvalue weighted by atomic mass is 32.2. The minimum atomic E-state index is -0.0195. The Morgan fingerprint density at radius 3 is 2.78 bits per heavy atom. The molecule has 0 bridgehead atoms. The molecule has 2 atom stereocenters. The van der Waals surface area contributed by atoms with Crippen LogP contribution in [0.4, 0.5) is 0 Å². The van der Waals surface area contributed by atoms with E-state index in [0.717, 1.165) is 23.5 Å². The monoisotopic (exact) mass is 338 g/mol. The summed E-state index contributed by atoms with van der Waals surface area (Å²) in [7, 11) is 0. The summed E-state index contributed by atoms with van der Waals surface area (Å²) in [4.78, 5) is 8.96. The van der Waals surface area contributed by atoms with E-state index in [1.807, 2.05) is 18.0 Å². The van der Waals surface area contributed by atoms with Crippen LogP contribution in [-0.2, 0) is 12.0 Å². The second-order valence-corrected chi connectivity index (χ2v) is 8.21. The summed E-state index contributed by atoms with van der Waals surface area (Å²) >= 11 is 1.97. The quantitative estimate of drug-likeness (QED) is 0.637. The number of aromatic nitrogens is 1. The van der Waals surface area contributed by atoms with Gasteiger partial charge in [-0.3, -0.25) is 0 Å². The molecule has 0 saturated heterocycles. The fourth-order valence-corrected chi connectivity index (χ4v) is 3.47. The Balaban J connectivity index is 1.94. The largest absolute Gasteiger partial charge is 0.443 e. The van der Waals surface area contributed by atoms with E-state index in [-0.39, 0.29) is 5.41 Å². The predicted octanol–water partition coefficient (Wildman–Crippen LogP) is 3.31. The van der Waals surface area contributed by atoms with E-state index in [1.54, 1.807) is 0 Å². The summed E-state index contributed by atoms with van der Waals surface area (Å²) in [6, 6.07) is 0.514. The second kappa shape index (κ2) is 8.08. The number of nitrogens with one attached hydrogen (secondary N) is 2. The van der Waals surface area contributed by atoms with Gasteiger partial charge in [0.05, 0.1) is 6.20 Å². The summed E-state index contributed by atoms with van der Waals surface area (Å²) in [6.07, 6.45) is 7.71. The first-order chi connectivity index (χ1) is 10.9. The molecule has 6 heteroatoms. The maximum Gasteiger partial charge on any atom is 0.216 e. The fourth-order valence-electron chi connectivity index (χ4n) is 2.68. The first-order valence-electron chi connectivity index (χ1n) is 8.45. The van der Waals surface area contributed by atoms with Gasteiger partial charge >= 0.3 is 0 Å². The van der Waals surface area contributed by atoms with Crippen LogP contribution in [0.3, 0.4) is 0 Å². The number of hydrogen-bond donors (Lipinski definition) is 2. The van der Waals surface area contributed by atoms with Gasteiger partial charge in [0.25, 0.3) is 0 Å². The molecule has 0 aromatic carbocycles. The zero-order valence-electron chi connectivity index (χ0n) is 15.0. The molecule has 5 nitrogen and oxygen atoms in total. The van der Waals surface area contributed by atoms with Gasteiger partial charge in [-0.2, -0.15) is 11.8 Å². The molecule has 1 saturated carbocycles. The van der Waals surface area contributed by atoms with E-state index >= 15 is 0 Å². The van der Waals surface area contributed by atoms with Gasteiger partial charge in [0.1, 0.15) is 12.3 Å². The van der Waals surface area contributed by atoms with Crippen molar-refractivity contribution < 1.29 is 4.42 Å². The Morgan fingerprint density at radius 1 is 1.43 bits per heavy atom. The van der Waals surface area contributed by atoms with Gasteiger partial charge in [0.15, 0.2) is 5.96 Å². The van der Waals surface area contributed by atoms with Crippen molar-refractivity contribution in [2.45, 2.75) is 70.2 Å². The van der Waals surface area contributed by atoms with E-state index in [1.165, 1.54) is 19.3 Å². The number of guanidine groups is 1. The number of rotatable bonds is 5. The van der Waals surface area contributed by atoms with Crippen LogP contribution in [0.25, 0.3) is 0 Å². The van der Waals surface area contributed by atoms with Crippen molar-refractivity contribution in [3.8, 4) is 0 Å². The number of hydrogen-bond acceptors (Lipinski definition) is 4. The van der Waals surface area contributed by atoms with Crippen LogP contribution in [0.1, 0.15) is 58.6 Å². The zero-order valence-corrected chi connectivity index (χ0v) is 15.8. The lowest BCUT2D eigenvalue weighted by Gasteiger charge is -2.17. The number of thioether (sulfide) groups is 1. The standard InChI is InChI=1S/C17H30N4OS/c1-6-18-16(21-12-7-8-13(9-12)23-5)20-11-15-19-10-14(22-15)17(2,3)4/h10,12-13H,6-9,11H2,1-5H3,(H2,18,20,21). The summed E-state index contributed by atoms with van der Waals surface area (Å²) in [5.41, 5.74) is -0.0195. The Bertz CT molecular complexity index is 521. The van der Waals surface area contributed by atoms with Gasteiger partial charge in [-0.1, -0.05) is 20.8 Å². The predicted molar refractivity (Wildman–Crippen MR) is 98.1 cm³/mol. The summed E-state index contributed by atoms with van der Waals surface area (Å²) in [6.45, 7) is 9.75. The molecule has 130 valence electrons. The maximum atomic E-state index is 5.80. The topological polar surface area (TPSA) is 62.5 Å². The second-order valence-electron chi connectivity index (χ2n) is 7.08. The third kappa shape index (κ3) is 5.44. The lowest BCUT2D eigenvalue weighted by atomic mass is 9.94. The van der Waals surface area contributed by atoms with Gasteiger partial charge in [-0.05, 0) is 32.4 Å². The van der Waals surface area contributed by atoms with Gasteiger partial charge in [-0.15, -0.1) is 0 Å². The molecule has 23 heavy (non-hydrogen) atoms. The highest BCUT2D eigenvalue weighted by molar-refractivity contribution is 7.99. The molecule has 0 aliphatic heterocycles. The molecule has 0 spiro atoms. The maximum absolute atomic E-state index is 5.80. The van der Waals surface area contributed by atoms with Crippen molar-refractivity contribution in [3.05, 3.63) is 17.8 Å². The van der Waals surface area contributed by atoms with Crippen molar-refractivity contribution in [3.63, 3.8) is 0 Å². The summed E-state index contributed by atoms with van der Waals surface area (Å²) in [5.74, 6) is 2.43. The average Bonchev–Trinajstić information content (AvgIpc) is 3.13. The SMILES string of the molecule is CCNC(=NCc1ncc(C(C)(C)C)o1)NC1CCC(SC)C1. The van der Waals surface area contributed by atoms with Crippen LogP contribution >= 0.6 is 11.8 Å². The molecule has 1 aromatic heterocycles. The van der Waals surface area contributed by atoms with Gasteiger partial charge in [0, 0.05) is 23.3 Å². The van der Waals surface area contributed by atoms with E-state index in [0.29, 0.717) is 18.5 Å². The van der Waals surface area contributed by atoms with E-state index in [2.05, 4.69) is 54.6 Å². The molecule has 1 fully saturated rings. The van der Waals surface area contributed by atoms with Gasteiger partial charge < -0.3 is 15.1 Å². The highest BCUT2D eigenvalue weighted by Crippen LogP contribution is 2.28. The molecular formula is C17H30N4OS. The first kappa shape index (κ1) is 18.2. The molecule has 0 amide bonds. The van der Waals surface area contributed by atoms with Crippen LogP contribution in [-0.4, -0.2) is 35.0 Å². The third-order valence-corrected chi connectivity index (χ3v) is 5.16. The van der Waals surface area contributed by atoms with Gasteiger partial charge in [0.2, 0.25) is 5.89 Å². The lowest BCUT2D eigenvalue weighted by Crippen LogP contribution is -2.42. The zero-order chi connectivity index (χ0) is 16.9. The number of aliphatic imine (C=N–C) groups is 1. The van der Waals surface area contributed by atoms with E-state index < -0.39 is 0 Å². The first-order valence-corrected chi connectivity index (χ1v) is 9.74. The Morgan fingerprint density at radius 2 is 2.22 bits per heavy atom. The Kier molecular flexibility index (Phi) is 6.39.